The Balaban J connectivity index is 0.000000277. The van der Waals surface area contributed by atoms with Crippen molar-refractivity contribution in [2.75, 3.05) is 0 Å². The first-order valence-corrected chi connectivity index (χ1v) is 6.22. The first kappa shape index (κ1) is 17.6. The Morgan fingerprint density at radius 3 is 1.74 bits per heavy atom. The summed E-state index contributed by atoms with van der Waals surface area (Å²) in [6, 6.07) is 13.8. The molecule has 2 aromatic carbocycles. The van der Waals surface area contributed by atoms with E-state index in [0.717, 1.165) is 11.8 Å². The van der Waals surface area contributed by atoms with E-state index in [0.29, 0.717) is 0 Å². The lowest BCUT2D eigenvalue weighted by molar-refractivity contribution is 0.0507. The summed E-state index contributed by atoms with van der Waals surface area (Å²) < 4.78 is 3.87. The first-order valence-electron chi connectivity index (χ1n) is 6.22. The van der Waals surface area contributed by atoms with Crippen molar-refractivity contribution in [1.82, 2.24) is 0 Å². The van der Waals surface area contributed by atoms with Crippen LogP contribution in [-0.2, 0) is 4.74 Å². The average Bonchev–Trinajstić information content (AvgIpc) is 2.55. The van der Waals surface area contributed by atoms with Gasteiger partial charge in [-0.1, -0.05) is 30.3 Å². The number of hydrogen-bond acceptors (Lipinski definition) is 5. The van der Waals surface area contributed by atoms with Crippen LogP contribution in [0.5, 0.6) is 0 Å². The SMILES string of the molecule is O=C(O)OC(=O)c1ccc(C(=O)O)cc1.O=Cc1ccccc1. The summed E-state index contributed by atoms with van der Waals surface area (Å²) in [5.41, 5.74) is 0.705. The second-order valence-electron chi connectivity index (χ2n) is 4.07. The molecule has 0 spiro atoms. The van der Waals surface area contributed by atoms with Crippen molar-refractivity contribution in [3.8, 4) is 0 Å². The minimum atomic E-state index is -1.71. The van der Waals surface area contributed by atoms with E-state index in [9.17, 15) is 19.2 Å². The largest absolute Gasteiger partial charge is 0.513 e. The lowest BCUT2D eigenvalue weighted by atomic mass is 10.1. The van der Waals surface area contributed by atoms with E-state index in [-0.39, 0.29) is 11.1 Å². The molecule has 7 heteroatoms. The minimum absolute atomic E-state index is 0.00174. The molecule has 0 aliphatic heterocycles. The van der Waals surface area contributed by atoms with Gasteiger partial charge in [0.05, 0.1) is 11.1 Å². The summed E-state index contributed by atoms with van der Waals surface area (Å²) in [4.78, 5) is 41.5. The highest BCUT2D eigenvalue weighted by Crippen LogP contribution is 2.06. The molecule has 0 atom stereocenters. The lowest BCUT2D eigenvalue weighted by Gasteiger charge is -1.99. The van der Waals surface area contributed by atoms with Crippen LogP contribution in [0, 0.1) is 0 Å². The number of carboxylic acid groups (broad SMARTS) is 2. The highest BCUT2D eigenvalue weighted by molar-refractivity contribution is 5.96. The van der Waals surface area contributed by atoms with Crippen molar-refractivity contribution < 1.29 is 34.1 Å². The molecule has 2 rings (SSSR count). The summed E-state index contributed by atoms with van der Waals surface area (Å²) in [6.45, 7) is 0. The molecular formula is C16H12O7. The highest BCUT2D eigenvalue weighted by Gasteiger charge is 2.12. The smallest absolute Gasteiger partial charge is 0.478 e. The molecular weight excluding hydrogens is 304 g/mol. The number of rotatable bonds is 3. The normalized spacial score (nSPS) is 9.04. The van der Waals surface area contributed by atoms with Gasteiger partial charge in [0, 0.05) is 5.56 Å². The van der Waals surface area contributed by atoms with Crippen LogP contribution in [0.25, 0.3) is 0 Å². The van der Waals surface area contributed by atoms with Crippen LogP contribution in [0.4, 0.5) is 4.79 Å². The van der Waals surface area contributed by atoms with E-state index in [1.54, 1.807) is 12.1 Å². The van der Waals surface area contributed by atoms with Gasteiger partial charge in [0.1, 0.15) is 6.29 Å². The van der Waals surface area contributed by atoms with Gasteiger partial charge in [-0.15, -0.1) is 0 Å². The first-order chi connectivity index (χ1) is 10.9. The third kappa shape index (κ3) is 6.21. The van der Waals surface area contributed by atoms with Crippen LogP contribution in [0.2, 0.25) is 0 Å². The Labute approximate surface area is 130 Å². The van der Waals surface area contributed by atoms with Crippen molar-refractivity contribution in [3.05, 3.63) is 71.3 Å². The van der Waals surface area contributed by atoms with Crippen LogP contribution in [0.1, 0.15) is 31.1 Å². The molecule has 0 fully saturated rings. The van der Waals surface area contributed by atoms with E-state index in [4.69, 9.17) is 10.2 Å². The molecule has 0 radical (unpaired) electrons. The van der Waals surface area contributed by atoms with E-state index >= 15 is 0 Å². The van der Waals surface area contributed by atoms with Gasteiger partial charge >= 0.3 is 18.1 Å². The maximum absolute atomic E-state index is 11.0. The second kappa shape index (κ2) is 8.73. The van der Waals surface area contributed by atoms with Gasteiger partial charge in [-0.3, -0.25) is 4.79 Å². The monoisotopic (exact) mass is 316 g/mol. The van der Waals surface area contributed by atoms with E-state index in [1.807, 2.05) is 18.2 Å². The molecule has 0 heterocycles. The van der Waals surface area contributed by atoms with Gasteiger partial charge in [0.25, 0.3) is 0 Å². The van der Waals surface area contributed by atoms with Gasteiger partial charge < -0.3 is 14.9 Å². The number of hydrogen-bond donors (Lipinski definition) is 2. The molecule has 0 saturated carbocycles. The van der Waals surface area contributed by atoms with Crippen LogP contribution < -0.4 is 0 Å². The Bertz CT molecular complexity index is 690. The number of benzene rings is 2. The number of carboxylic acids is 1. The second-order valence-corrected chi connectivity index (χ2v) is 4.07. The van der Waals surface area contributed by atoms with Crippen LogP contribution in [0.3, 0.4) is 0 Å². The number of ether oxygens (including phenoxy) is 1. The summed E-state index contributed by atoms with van der Waals surface area (Å²) in [7, 11) is 0. The molecule has 0 aliphatic carbocycles. The third-order valence-electron chi connectivity index (χ3n) is 2.48. The number of carbonyl (C=O) groups excluding carboxylic acids is 2. The minimum Gasteiger partial charge on any atom is -0.478 e. The maximum Gasteiger partial charge on any atom is 0.513 e. The summed E-state index contributed by atoms with van der Waals surface area (Å²) in [5.74, 6) is -2.17. The van der Waals surface area contributed by atoms with Crippen LogP contribution >= 0.6 is 0 Å². The molecule has 0 unspecified atom stereocenters. The topological polar surface area (TPSA) is 118 Å². The van der Waals surface area contributed by atoms with E-state index in [2.05, 4.69) is 4.74 Å². The zero-order valence-corrected chi connectivity index (χ0v) is 11.7. The van der Waals surface area contributed by atoms with Crippen LogP contribution in [-0.4, -0.2) is 34.6 Å². The molecule has 0 aromatic heterocycles. The molecule has 7 nitrogen and oxygen atoms in total. The molecule has 118 valence electrons. The van der Waals surface area contributed by atoms with Crippen molar-refractivity contribution in [2.45, 2.75) is 0 Å². The van der Waals surface area contributed by atoms with Crippen molar-refractivity contribution >= 4 is 24.4 Å². The Morgan fingerprint density at radius 2 is 1.35 bits per heavy atom. The average molecular weight is 316 g/mol. The predicted molar refractivity (Wildman–Crippen MR) is 78.7 cm³/mol. The quantitative estimate of drug-likeness (QED) is 0.507. The number of aromatic carboxylic acids is 1. The molecule has 23 heavy (non-hydrogen) atoms. The highest BCUT2D eigenvalue weighted by atomic mass is 16.7. The summed E-state index contributed by atoms with van der Waals surface area (Å²) in [6.07, 6.45) is -0.873. The molecule has 0 amide bonds. The maximum atomic E-state index is 11.0. The predicted octanol–water partition coefficient (Wildman–Crippen LogP) is 2.72. The fourth-order valence-corrected chi connectivity index (χ4v) is 1.42. The van der Waals surface area contributed by atoms with Crippen LogP contribution in [0.15, 0.2) is 54.6 Å². The Kier molecular flexibility index (Phi) is 6.67. The molecule has 2 N–H and O–H groups in total. The molecule has 2 aromatic rings. The molecule has 0 aliphatic rings. The van der Waals surface area contributed by atoms with E-state index < -0.39 is 18.1 Å². The third-order valence-corrected chi connectivity index (χ3v) is 2.48. The van der Waals surface area contributed by atoms with E-state index in [1.165, 1.54) is 24.3 Å². The van der Waals surface area contributed by atoms with Crippen molar-refractivity contribution in [2.24, 2.45) is 0 Å². The van der Waals surface area contributed by atoms with Crippen molar-refractivity contribution in [1.29, 1.82) is 0 Å². The van der Waals surface area contributed by atoms with Gasteiger partial charge in [-0.05, 0) is 24.3 Å². The lowest BCUT2D eigenvalue weighted by Crippen LogP contribution is -2.10. The molecule has 0 bridgehead atoms. The Hall–Kier alpha value is -3.48. The summed E-state index contributed by atoms with van der Waals surface area (Å²) >= 11 is 0. The van der Waals surface area contributed by atoms with Gasteiger partial charge in [-0.2, -0.15) is 0 Å². The number of carbonyl (C=O) groups is 4. The Morgan fingerprint density at radius 1 is 0.826 bits per heavy atom. The standard InChI is InChI=1S/C9H6O6.C7H6O/c10-7(11)5-1-3-6(4-2-5)8(12)15-9(13)14;8-6-7-4-2-1-3-5-7/h1-4H,(H,10,11)(H,13,14);1-6H. The fraction of sp³-hybridized carbons (Fsp3) is 0. The molecule has 0 saturated heterocycles. The zero-order valence-electron chi connectivity index (χ0n) is 11.7. The van der Waals surface area contributed by atoms with Crippen molar-refractivity contribution in [3.63, 3.8) is 0 Å². The zero-order chi connectivity index (χ0) is 17.2. The number of aldehydes is 1. The van der Waals surface area contributed by atoms with Gasteiger partial charge in [-0.25, -0.2) is 14.4 Å². The van der Waals surface area contributed by atoms with Gasteiger partial charge in [0.2, 0.25) is 0 Å². The van der Waals surface area contributed by atoms with Gasteiger partial charge in [0.15, 0.2) is 0 Å². The summed E-state index contributed by atoms with van der Waals surface area (Å²) in [5, 5.41) is 16.7. The number of esters is 1. The fourth-order valence-electron chi connectivity index (χ4n) is 1.42.